The zero-order valence-corrected chi connectivity index (χ0v) is 21.4. The summed E-state index contributed by atoms with van der Waals surface area (Å²) in [5, 5.41) is 4.93. The Hall–Kier alpha value is -4.31. The van der Waals surface area contributed by atoms with Gasteiger partial charge in [-0.15, -0.1) is 0 Å². The molecule has 8 nitrogen and oxygen atoms in total. The number of benzene rings is 3. The second-order valence-electron chi connectivity index (χ2n) is 8.28. The van der Waals surface area contributed by atoms with Crippen molar-refractivity contribution in [3.63, 3.8) is 0 Å². The first-order valence-corrected chi connectivity index (χ1v) is 11.9. The van der Waals surface area contributed by atoms with Crippen molar-refractivity contribution >= 4 is 57.1 Å². The van der Waals surface area contributed by atoms with Crippen LogP contribution in [-0.2, 0) is 14.4 Å². The third-order valence-electron chi connectivity index (χ3n) is 5.48. The highest BCUT2D eigenvalue weighted by Crippen LogP contribution is 2.28. The summed E-state index contributed by atoms with van der Waals surface area (Å²) in [7, 11) is 0. The Labute approximate surface area is 220 Å². The minimum absolute atomic E-state index is 0.117. The number of amides is 5. The molecule has 0 atom stereocenters. The van der Waals surface area contributed by atoms with Crippen molar-refractivity contribution in [1.29, 1.82) is 0 Å². The first-order valence-electron chi connectivity index (χ1n) is 11.1. The Morgan fingerprint density at radius 2 is 1.78 bits per heavy atom. The van der Waals surface area contributed by atoms with Crippen molar-refractivity contribution in [2.45, 2.75) is 13.8 Å². The third-order valence-corrected chi connectivity index (χ3v) is 6.10. The largest absolute Gasteiger partial charge is 0.483 e. The number of nitrogens with zero attached hydrogens (tertiary/aromatic N) is 1. The molecule has 1 aliphatic rings. The van der Waals surface area contributed by atoms with Gasteiger partial charge < -0.3 is 10.1 Å². The monoisotopic (exact) mass is 565 g/mol. The smallest absolute Gasteiger partial charge is 0.335 e. The molecule has 0 unspecified atom stereocenters. The van der Waals surface area contributed by atoms with Crippen molar-refractivity contribution in [2.24, 2.45) is 0 Å². The molecule has 0 spiro atoms. The average Bonchev–Trinajstić information content (AvgIpc) is 2.84. The molecule has 188 valence electrons. The fourth-order valence-corrected chi connectivity index (χ4v) is 4.08. The topological polar surface area (TPSA) is 105 Å². The highest BCUT2D eigenvalue weighted by molar-refractivity contribution is 9.10. The molecule has 0 aliphatic carbocycles. The van der Waals surface area contributed by atoms with E-state index in [0.717, 1.165) is 28.2 Å². The van der Waals surface area contributed by atoms with Crippen LogP contribution in [-0.4, -0.2) is 30.4 Å². The van der Waals surface area contributed by atoms with Crippen molar-refractivity contribution in [3.05, 3.63) is 93.2 Å². The van der Waals surface area contributed by atoms with Crippen molar-refractivity contribution < 1.29 is 28.3 Å². The van der Waals surface area contributed by atoms with Gasteiger partial charge in [0, 0.05) is 5.69 Å². The molecular formula is C27H21BrFN3O5. The minimum Gasteiger partial charge on any atom is -0.483 e. The lowest BCUT2D eigenvalue weighted by Crippen LogP contribution is -2.54. The molecule has 3 aromatic rings. The Morgan fingerprint density at radius 3 is 2.49 bits per heavy atom. The molecule has 1 heterocycles. The molecule has 4 rings (SSSR count). The number of carbonyl (C=O) groups is 4. The molecule has 10 heteroatoms. The summed E-state index contributed by atoms with van der Waals surface area (Å²) in [4.78, 5) is 50.7. The summed E-state index contributed by atoms with van der Waals surface area (Å²) in [6.07, 6.45) is 1.32. The number of carbonyl (C=O) groups excluding carboxylic acids is 4. The van der Waals surface area contributed by atoms with Crippen molar-refractivity contribution in [3.8, 4) is 5.75 Å². The van der Waals surface area contributed by atoms with Crippen LogP contribution in [0.4, 0.5) is 20.6 Å². The quantitative estimate of drug-likeness (QED) is 0.327. The standard InChI is InChI=1S/C27H21BrFN3O5/c1-15-3-4-16(2)22(11-15)30-24(33)14-37-23-10-5-17(13-21(23)28)12-20-25(34)31-27(36)32(26(20)35)19-8-6-18(29)7-9-19/h3-13H,14H2,1-2H3,(H,30,33)(H,31,34,36)/b20-12+. The Bertz CT molecular complexity index is 1450. The van der Waals surface area contributed by atoms with E-state index in [1.807, 2.05) is 32.0 Å². The van der Waals surface area contributed by atoms with Gasteiger partial charge >= 0.3 is 6.03 Å². The SMILES string of the molecule is Cc1ccc(C)c(NC(=O)COc2ccc(/C=C3\C(=O)NC(=O)N(c4ccc(F)cc4)C3=O)cc2Br)c1. The highest BCUT2D eigenvalue weighted by atomic mass is 79.9. The van der Waals surface area contributed by atoms with Crippen LogP contribution in [0.3, 0.4) is 0 Å². The van der Waals surface area contributed by atoms with Crippen molar-refractivity contribution in [1.82, 2.24) is 5.32 Å². The van der Waals surface area contributed by atoms with Gasteiger partial charge in [0.1, 0.15) is 17.1 Å². The lowest BCUT2D eigenvalue weighted by molar-refractivity contribution is -0.122. The van der Waals surface area contributed by atoms with E-state index < -0.39 is 23.7 Å². The van der Waals surface area contributed by atoms with Crippen LogP contribution in [0.15, 0.2) is 70.7 Å². The number of hydrogen-bond acceptors (Lipinski definition) is 5. The Balaban J connectivity index is 1.47. The zero-order chi connectivity index (χ0) is 26.7. The van der Waals surface area contributed by atoms with E-state index >= 15 is 0 Å². The van der Waals surface area contributed by atoms with Crippen LogP contribution >= 0.6 is 15.9 Å². The van der Waals surface area contributed by atoms with Gasteiger partial charge in [-0.25, -0.2) is 14.1 Å². The van der Waals surface area contributed by atoms with Gasteiger partial charge in [-0.2, -0.15) is 0 Å². The maximum absolute atomic E-state index is 13.3. The average molecular weight is 566 g/mol. The number of rotatable bonds is 6. The number of halogens is 2. The fraction of sp³-hybridized carbons (Fsp3) is 0.111. The summed E-state index contributed by atoms with van der Waals surface area (Å²) >= 11 is 3.37. The summed E-state index contributed by atoms with van der Waals surface area (Å²) in [5.41, 5.74) is 2.95. The molecule has 0 saturated carbocycles. The highest BCUT2D eigenvalue weighted by Gasteiger charge is 2.36. The van der Waals surface area contributed by atoms with E-state index in [-0.39, 0.29) is 23.8 Å². The Kier molecular flexibility index (Phi) is 7.49. The molecule has 37 heavy (non-hydrogen) atoms. The number of imide groups is 2. The van der Waals surface area contributed by atoms with Crippen LogP contribution in [0, 0.1) is 19.7 Å². The lowest BCUT2D eigenvalue weighted by Gasteiger charge is -2.26. The first kappa shape index (κ1) is 25.8. The van der Waals surface area contributed by atoms with E-state index in [1.165, 1.54) is 18.2 Å². The molecule has 0 aromatic heterocycles. The van der Waals surface area contributed by atoms with E-state index in [9.17, 15) is 23.6 Å². The molecule has 1 saturated heterocycles. The van der Waals surface area contributed by atoms with E-state index in [2.05, 4.69) is 26.6 Å². The van der Waals surface area contributed by atoms with Crippen LogP contribution in [0.2, 0.25) is 0 Å². The second-order valence-corrected chi connectivity index (χ2v) is 9.13. The van der Waals surface area contributed by atoms with Gasteiger partial charge in [0.25, 0.3) is 17.7 Å². The molecule has 0 radical (unpaired) electrons. The molecule has 3 aromatic carbocycles. The maximum Gasteiger partial charge on any atom is 0.335 e. The zero-order valence-electron chi connectivity index (χ0n) is 19.8. The Morgan fingerprint density at radius 1 is 1.05 bits per heavy atom. The summed E-state index contributed by atoms with van der Waals surface area (Å²) in [5.74, 6) is -2.19. The first-order chi connectivity index (χ1) is 17.6. The summed E-state index contributed by atoms with van der Waals surface area (Å²) in [6, 6.07) is 14.3. The van der Waals surface area contributed by atoms with Gasteiger partial charge in [0.15, 0.2) is 6.61 Å². The minimum atomic E-state index is -0.928. The molecule has 1 fully saturated rings. The number of urea groups is 1. The summed E-state index contributed by atoms with van der Waals surface area (Å²) in [6.45, 7) is 3.59. The molecule has 1 aliphatic heterocycles. The second kappa shape index (κ2) is 10.8. The molecule has 2 N–H and O–H groups in total. The number of nitrogens with one attached hydrogen (secondary N) is 2. The predicted octanol–water partition coefficient (Wildman–Crippen LogP) is 4.89. The van der Waals surface area contributed by atoms with Crippen molar-refractivity contribution in [2.75, 3.05) is 16.8 Å². The van der Waals surface area contributed by atoms with Crippen LogP contribution in [0.1, 0.15) is 16.7 Å². The van der Waals surface area contributed by atoms with Gasteiger partial charge in [-0.05, 0) is 95.0 Å². The van der Waals surface area contributed by atoms with Crippen LogP contribution < -0.4 is 20.3 Å². The molecule has 5 amide bonds. The van der Waals surface area contributed by atoms with E-state index in [0.29, 0.717) is 21.5 Å². The lowest BCUT2D eigenvalue weighted by atomic mass is 10.1. The van der Waals surface area contributed by atoms with E-state index in [1.54, 1.807) is 18.2 Å². The molecule has 0 bridgehead atoms. The maximum atomic E-state index is 13.3. The van der Waals surface area contributed by atoms with Gasteiger partial charge in [0.05, 0.1) is 10.2 Å². The fourth-order valence-electron chi connectivity index (χ4n) is 3.57. The summed E-state index contributed by atoms with van der Waals surface area (Å²) < 4.78 is 19.4. The van der Waals surface area contributed by atoms with Crippen LogP contribution in [0.25, 0.3) is 6.08 Å². The number of anilines is 2. The normalized spacial score (nSPS) is 14.5. The number of ether oxygens (including phenoxy) is 1. The third kappa shape index (κ3) is 5.92. The van der Waals surface area contributed by atoms with Gasteiger partial charge in [-0.1, -0.05) is 18.2 Å². The molecular weight excluding hydrogens is 545 g/mol. The van der Waals surface area contributed by atoms with Crippen LogP contribution in [0.5, 0.6) is 5.75 Å². The number of hydrogen-bond donors (Lipinski definition) is 2. The number of aryl methyl sites for hydroxylation is 2. The van der Waals surface area contributed by atoms with E-state index in [4.69, 9.17) is 4.74 Å². The predicted molar refractivity (Wildman–Crippen MR) is 140 cm³/mol. The van der Waals surface area contributed by atoms with Gasteiger partial charge in [0.2, 0.25) is 0 Å². The van der Waals surface area contributed by atoms with Gasteiger partial charge in [-0.3, -0.25) is 19.7 Å². The number of barbiturate groups is 1.